The van der Waals surface area contributed by atoms with Crippen molar-refractivity contribution in [2.75, 3.05) is 0 Å². The fourth-order valence-corrected chi connectivity index (χ4v) is 1.95. The van der Waals surface area contributed by atoms with E-state index < -0.39 is 0 Å². The second kappa shape index (κ2) is 3.95. The van der Waals surface area contributed by atoms with Crippen molar-refractivity contribution in [1.82, 2.24) is 3.96 Å². The summed E-state index contributed by atoms with van der Waals surface area (Å²) in [5.41, 5.74) is 10.4. The zero-order chi connectivity index (χ0) is 10.8. The molecule has 0 saturated carbocycles. The van der Waals surface area contributed by atoms with E-state index >= 15 is 0 Å². The largest absolute Gasteiger partial charge is 0.397 e. The molecule has 0 radical (unpaired) electrons. The molecule has 0 spiro atoms. The molecule has 0 aliphatic rings. The molecule has 1 heterocycles. The van der Waals surface area contributed by atoms with Crippen LogP contribution in [0, 0.1) is 6.92 Å². The number of aromatic nitrogens is 1. The summed E-state index contributed by atoms with van der Waals surface area (Å²) < 4.78 is 2.07. The van der Waals surface area contributed by atoms with Crippen LogP contribution in [0.5, 0.6) is 0 Å². The Labute approximate surface area is 93.8 Å². The van der Waals surface area contributed by atoms with Gasteiger partial charge in [0, 0.05) is 11.6 Å². The molecule has 0 unspecified atom stereocenters. The van der Waals surface area contributed by atoms with Gasteiger partial charge in [-0.3, -0.25) is 3.96 Å². The molecule has 2 aromatic rings. The third kappa shape index (κ3) is 1.97. The summed E-state index contributed by atoms with van der Waals surface area (Å²) in [6.07, 6.45) is 2.02. The van der Waals surface area contributed by atoms with Crippen LogP contribution in [0.1, 0.15) is 18.1 Å². The van der Waals surface area contributed by atoms with Gasteiger partial charge in [-0.15, -0.1) is 0 Å². The van der Waals surface area contributed by atoms with Crippen LogP contribution in [-0.4, -0.2) is 3.96 Å². The summed E-state index contributed by atoms with van der Waals surface area (Å²) in [6.45, 7) is 4.11. The van der Waals surface area contributed by atoms with E-state index in [1.54, 1.807) is 11.5 Å². The molecule has 0 saturated heterocycles. The van der Waals surface area contributed by atoms with E-state index in [1.807, 2.05) is 30.6 Å². The SMILES string of the molecule is C/C(=C(/N)c1cccc(C)c1)n1ccs1. The second-order valence-corrected chi connectivity index (χ2v) is 4.46. The van der Waals surface area contributed by atoms with Crippen molar-refractivity contribution >= 4 is 22.9 Å². The summed E-state index contributed by atoms with van der Waals surface area (Å²) in [5.74, 6) is 0. The van der Waals surface area contributed by atoms with Crippen molar-refractivity contribution in [3.63, 3.8) is 0 Å². The second-order valence-electron chi connectivity index (χ2n) is 3.58. The maximum atomic E-state index is 6.11. The van der Waals surface area contributed by atoms with Crippen LogP contribution in [-0.2, 0) is 0 Å². The molecule has 15 heavy (non-hydrogen) atoms. The van der Waals surface area contributed by atoms with E-state index in [9.17, 15) is 0 Å². The fraction of sp³-hybridized carbons (Fsp3) is 0.167. The maximum absolute atomic E-state index is 6.11. The van der Waals surface area contributed by atoms with Gasteiger partial charge in [0.05, 0.1) is 11.4 Å². The molecule has 0 bridgehead atoms. The highest BCUT2D eigenvalue weighted by Crippen LogP contribution is 2.20. The molecule has 0 atom stereocenters. The first-order valence-corrected chi connectivity index (χ1v) is 5.68. The minimum Gasteiger partial charge on any atom is -0.397 e. The van der Waals surface area contributed by atoms with Crippen molar-refractivity contribution in [2.45, 2.75) is 13.8 Å². The number of nitrogens with two attached hydrogens (primary N) is 1. The number of nitrogens with zero attached hydrogens (tertiary/aromatic N) is 1. The van der Waals surface area contributed by atoms with Crippen LogP contribution in [0.25, 0.3) is 11.4 Å². The predicted octanol–water partition coefficient (Wildman–Crippen LogP) is 3.16. The average Bonchev–Trinajstić information content (AvgIpc) is 2.14. The summed E-state index contributed by atoms with van der Waals surface area (Å²) in [7, 11) is 0. The van der Waals surface area contributed by atoms with E-state index in [4.69, 9.17) is 5.73 Å². The monoisotopic (exact) mass is 218 g/mol. The number of hydrogen-bond donors (Lipinski definition) is 1. The molecule has 2 rings (SSSR count). The van der Waals surface area contributed by atoms with Crippen molar-refractivity contribution in [1.29, 1.82) is 0 Å². The Hall–Kier alpha value is -1.48. The molecule has 3 heteroatoms. The van der Waals surface area contributed by atoms with E-state index in [2.05, 4.69) is 23.0 Å². The van der Waals surface area contributed by atoms with Crippen molar-refractivity contribution in [2.24, 2.45) is 5.73 Å². The lowest BCUT2D eigenvalue weighted by Crippen LogP contribution is -2.04. The topological polar surface area (TPSA) is 30.9 Å². The van der Waals surface area contributed by atoms with Crippen molar-refractivity contribution < 1.29 is 0 Å². The number of benzene rings is 1. The normalized spacial score (nSPS) is 12.7. The quantitative estimate of drug-likeness (QED) is 0.824. The molecular formula is C12H14N2S. The molecule has 78 valence electrons. The molecule has 0 amide bonds. The predicted molar refractivity (Wildman–Crippen MR) is 66.5 cm³/mol. The first-order valence-electron chi connectivity index (χ1n) is 4.84. The van der Waals surface area contributed by atoms with Gasteiger partial charge in [0.2, 0.25) is 0 Å². The van der Waals surface area contributed by atoms with E-state index in [-0.39, 0.29) is 0 Å². The fourth-order valence-electron chi connectivity index (χ4n) is 1.45. The molecule has 2 nitrogen and oxygen atoms in total. The number of allylic oxidation sites excluding steroid dienone is 1. The first kappa shape index (κ1) is 10.1. The molecule has 1 aromatic heterocycles. The van der Waals surface area contributed by atoms with Crippen molar-refractivity contribution in [3.05, 3.63) is 47.0 Å². The van der Waals surface area contributed by atoms with E-state index in [0.29, 0.717) is 0 Å². The van der Waals surface area contributed by atoms with Crippen molar-refractivity contribution in [3.8, 4) is 0 Å². The minimum absolute atomic E-state index is 0.843. The summed E-state index contributed by atoms with van der Waals surface area (Å²) >= 11 is 1.66. The van der Waals surface area contributed by atoms with E-state index in [1.165, 1.54) is 5.56 Å². The maximum Gasteiger partial charge on any atom is 0.0596 e. The van der Waals surface area contributed by atoms with Crippen LogP contribution < -0.4 is 5.73 Å². The highest BCUT2D eigenvalue weighted by atomic mass is 32.1. The Balaban J connectivity index is 2.41. The number of hydrogen-bond acceptors (Lipinski definition) is 2. The van der Waals surface area contributed by atoms with Gasteiger partial charge in [0.1, 0.15) is 0 Å². The molecule has 0 aliphatic heterocycles. The van der Waals surface area contributed by atoms with Gasteiger partial charge in [0.15, 0.2) is 0 Å². The molecule has 1 aromatic carbocycles. The Morgan fingerprint density at radius 2 is 2.13 bits per heavy atom. The molecular weight excluding hydrogens is 204 g/mol. The lowest BCUT2D eigenvalue weighted by Gasteiger charge is -2.12. The van der Waals surface area contributed by atoms with Gasteiger partial charge in [0.25, 0.3) is 0 Å². The first-order chi connectivity index (χ1) is 7.18. The highest BCUT2D eigenvalue weighted by molar-refractivity contribution is 7.05. The zero-order valence-electron chi connectivity index (χ0n) is 8.90. The van der Waals surface area contributed by atoms with Gasteiger partial charge >= 0.3 is 0 Å². The van der Waals surface area contributed by atoms with Crippen LogP contribution in [0.4, 0.5) is 0 Å². The lowest BCUT2D eigenvalue weighted by molar-refractivity contribution is 1.18. The Morgan fingerprint density at radius 1 is 1.40 bits per heavy atom. The number of rotatable bonds is 2. The zero-order valence-corrected chi connectivity index (χ0v) is 9.71. The lowest BCUT2D eigenvalue weighted by atomic mass is 10.1. The van der Waals surface area contributed by atoms with Gasteiger partial charge < -0.3 is 5.73 Å². The van der Waals surface area contributed by atoms with Gasteiger partial charge in [-0.1, -0.05) is 35.3 Å². The number of aryl methyl sites for hydroxylation is 1. The van der Waals surface area contributed by atoms with E-state index in [0.717, 1.165) is 17.0 Å². The van der Waals surface area contributed by atoms with Crippen LogP contribution in [0.2, 0.25) is 0 Å². The minimum atomic E-state index is 0.843. The Bertz CT molecular complexity index is 482. The standard InChI is InChI=1S/C12H14N2S/c1-9-4-3-5-11(8-9)12(13)10(2)14-6-7-15-14/h3-8H,13H2,1-2H3/b12-10-. The third-order valence-corrected chi connectivity index (χ3v) is 3.29. The van der Waals surface area contributed by atoms with Crippen LogP contribution >= 0.6 is 11.5 Å². The Kier molecular flexibility index (Phi) is 2.64. The van der Waals surface area contributed by atoms with Gasteiger partial charge in [-0.2, -0.15) is 0 Å². The summed E-state index contributed by atoms with van der Waals surface area (Å²) in [6, 6.07) is 8.25. The molecule has 0 aliphatic carbocycles. The van der Waals surface area contributed by atoms with Crippen LogP contribution in [0.15, 0.2) is 35.8 Å². The average molecular weight is 218 g/mol. The van der Waals surface area contributed by atoms with Gasteiger partial charge in [-0.25, -0.2) is 0 Å². The van der Waals surface area contributed by atoms with Crippen LogP contribution in [0.3, 0.4) is 0 Å². The molecule has 0 fully saturated rings. The summed E-state index contributed by atoms with van der Waals surface area (Å²) in [5, 5.41) is 2.03. The Morgan fingerprint density at radius 3 is 2.67 bits per heavy atom. The third-order valence-electron chi connectivity index (χ3n) is 2.42. The van der Waals surface area contributed by atoms with Gasteiger partial charge in [-0.05, 0) is 25.5 Å². The summed E-state index contributed by atoms with van der Waals surface area (Å²) in [4.78, 5) is 0. The highest BCUT2D eigenvalue weighted by Gasteiger charge is 2.04. The molecule has 2 N–H and O–H groups in total. The smallest absolute Gasteiger partial charge is 0.0596 e.